The molecule has 0 saturated heterocycles. The summed E-state index contributed by atoms with van der Waals surface area (Å²) < 4.78 is 31.8. The van der Waals surface area contributed by atoms with Gasteiger partial charge in [0.25, 0.3) is 0 Å². The van der Waals surface area contributed by atoms with Gasteiger partial charge in [0.1, 0.15) is 10.1 Å². The van der Waals surface area contributed by atoms with Gasteiger partial charge in [-0.05, 0) is 12.8 Å². The van der Waals surface area contributed by atoms with Crippen molar-refractivity contribution in [1.29, 1.82) is 0 Å². The van der Waals surface area contributed by atoms with Gasteiger partial charge in [0.15, 0.2) is 0 Å². The highest BCUT2D eigenvalue weighted by atomic mass is 32.2. The molecule has 72 valence electrons. The molecule has 0 aliphatic carbocycles. The second-order valence-corrected chi connectivity index (χ2v) is 4.10. The lowest BCUT2D eigenvalue weighted by molar-refractivity contribution is 0.468. The van der Waals surface area contributed by atoms with Crippen molar-refractivity contribution >= 4 is 10.1 Å². The number of unbranched alkanes of at least 4 members (excludes halogenated alkanes) is 1. The molecule has 0 amide bonds. The molecular weight excluding hydrogens is 176 g/mol. The van der Waals surface area contributed by atoms with Gasteiger partial charge in [-0.2, -0.15) is 0 Å². The normalized spacial score (nSPS) is 13.4. The summed E-state index contributed by atoms with van der Waals surface area (Å²) in [5, 5.41) is 0. The van der Waals surface area contributed by atoms with Crippen molar-refractivity contribution in [2.45, 2.75) is 39.5 Å². The molecule has 0 aliphatic heterocycles. The molecule has 0 heterocycles. The Morgan fingerprint density at radius 2 is 1.92 bits per heavy atom. The summed E-state index contributed by atoms with van der Waals surface area (Å²) in [5.41, 5.74) is 0. The minimum atomic E-state index is -4.19. The Morgan fingerprint density at radius 1 is 1.33 bits per heavy atom. The number of rotatable bonds is 5. The monoisotopic (exact) mass is 191 g/mol. The molecule has 0 spiro atoms. The number of allylic oxidation sites excluding steroid dienone is 2. The zero-order valence-corrected chi connectivity index (χ0v) is 8.36. The first kappa shape index (κ1) is 11.6. The van der Waals surface area contributed by atoms with E-state index in [2.05, 4.69) is 0 Å². The molecule has 0 atom stereocenters. The SMILES string of the molecule is CCC/C=C(\CCC)S(=O)(=O)[O-]. The quantitative estimate of drug-likeness (QED) is 0.624. The second kappa shape index (κ2) is 5.32. The lowest BCUT2D eigenvalue weighted by atomic mass is 10.2. The molecular formula is C8H15O3S-. The average molecular weight is 191 g/mol. The minimum absolute atomic E-state index is 0.0480. The van der Waals surface area contributed by atoms with E-state index in [1.165, 1.54) is 6.08 Å². The maximum absolute atomic E-state index is 10.6. The molecule has 0 bridgehead atoms. The predicted octanol–water partition coefficient (Wildman–Crippen LogP) is 2.02. The smallest absolute Gasteiger partial charge is 0.120 e. The van der Waals surface area contributed by atoms with Crippen molar-refractivity contribution in [2.75, 3.05) is 0 Å². The van der Waals surface area contributed by atoms with E-state index in [0.717, 1.165) is 6.42 Å². The van der Waals surface area contributed by atoms with Crippen LogP contribution in [0.4, 0.5) is 0 Å². The van der Waals surface area contributed by atoms with Crippen molar-refractivity contribution < 1.29 is 13.0 Å². The standard InChI is InChI=1S/C8H16O3S/c1-3-5-7-8(6-4-2)12(9,10)11/h7H,3-6H2,1-2H3,(H,9,10,11)/p-1/b8-7+. The van der Waals surface area contributed by atoms with E-state index in [1.807, 2.05) is 13.8 Å². The summed E-state index contributed by atoms with van der Waals surface area (Å²) in [5.74, 6) is 0. The van der Waals surface area contributed by atoms with E-state index >= 15 is 0 Å². The highest BCUT2D eigenvalue weighted by Gasteiger charge is 2.02. The molecule has 12 heavy (non-hydrogen) atoms. The summed E-state index contributed by atoms with van der Waals surface area (Å²) in [6, 6.07) is 0. The Balaban J connectivity index is 4.44. The molecule has 4 heteroatoms. The third kappa shape index (κ3) is 4.51. The van der Waals surface area contributed by atoms with Crippen LogP contribution in [0.15, 0.2) is 11.0 Å². The molecule has 0 aromatic rings. The number of hydrogen-bond acceptors (Lipinski definition) is 3. The highest BCUT2D eigenvalue weighted by molar-refractivity contribution is 7.89. The fourth-order valence-electron chi connectivity index (χ4n) is 0.881. The van der Waals surface area contributed by atoms with Crippen LogP contribution >= 0.6 is 0 Å². The van der Waals surface area contributed by atoms with Gasteiger partial charge < -0.3 is 4.55 Å². The molecule has 0 fully saturated rings. The zero-order chi connectivity index (χ0) is 9.61. The molecule has 0 saturated carbocycles. The van der Waals surface area contributed by atoms with Gasteiger partial charge in [0.2, 0.25) is 0 Å². The maximum atomic E-state index is 10.6. The zero-order valence-electron chi connectivity index (χ0n) is 7.54. The molecule has 0 aliphatic rings. The molecule has 0 N–H and O–H groups in total. The van der Waals surface area contributed by atoms with Gasteiger partial charge in [-0.3, -0.25) is 0 Å². The van der Waals surface area contributed by atoms with E-state index in [0.29, 0.717) is 19.3 Å². The van der Waals surface area contributed by atoms with Gasteiger partial charge in [-0.1, -0.05) is 32.8 Å². The van der Waals surface area contributed by atoms with Gasteiger partial charge in [0.05, 0.1) is 0 Å². The topological polar surface area (TPSA) is 57.2 Å². The first-order valence-corrected chi connectivity index (χ1v) is 5.58. The lowest BCUT2D eigenvalue weighted by Gasteiger charge is -2.10. The van der Waals surface area contributed by atoms with Crippen LogP contribution in [0.2, 0.25) is 0 Å². The third-order valence-corrected chi connectivity index (χ3v) is 2.49. The fraction of sp³-hybridized carbons (Fsp3) is 0.750. The Morgan fingerprint density at radius 3 is 2.25 bits per heavy atom. The van der Waals surface area contributed by atoms with E-state index in [9.17, 15) is 13.0 Å². The van der Waals surface area contributed by atoms with E-state index < -0.39 is 10.1 Å². The van der Waals surface area contributed by atoms with Gasteiger partial charge in [0, 0.05) is 4.91 Å². The van der Waals surface area contributed by atoms with Gasteiger partial charge >= 0.3 is 0 Å². The average Bonchev–Trinajstić information content (AvgIpc) is 1.95. The molecule has 0 radical (unpaired) electrons. The maximum Gasteiger partial charge on any atom is 0.120 e. The molecule has 0 rings (SSSR count). The van der Waals surface area contributed by atoms with Crippen molar-refractivity contribution in [3.63, 3.8) is 0 Å². The summed E-state index contributed by atoms with van der Waals surface area (Å²) >= 11 is 0. The summed E-state index contributed by atoms with van der Waals surface area (Å²) in [6.45, 7) is 3.79. The minimum Gasteiger partial charge on any atom is -0.744 e. The largest absolute Gasteiger partial charge is 0.744 e. The third-order valence-electron chi connectivity index (χ3n) is 1.48. The van der Waals surface area contributed by atoms with E-state index in [1.54, 1.807) is 0 Å². The first-order valence-electron chi connectivity index (χ1n) is 4.17. The van der Waals surface area contributed by atoms with Gasteiger partial charge in [-0.15, -0.1) is 0 Å². The van der Waals surface area contributed by atoms with Crippen LogP contribution < -0.4 is 0 Å². The van der Waals surface area contributed by atoms with Crippen molar-refractivity contribution in [3.05, 3.63) is 11.0 Å². The Labute approximate surface area is 74.2 Å². The predicted molar refractivity (Wildman–Crippen MR) is 47.6 cm³/mol. The van der Waals surface area contributed by atoms with Gasteiger partial charge in [-0.25, -0.2) is 8.42 Å². The van der Waals surface area contributed by atoms with Crippen molar-refractivity contribution in [3.8, 4) is 0 Å². The molecule has 3 nitrogen and oxygen atoms in total. The number of hydrogen-bond donors (Lipinski definition) is 0. The van der Waals surface area contributed by atoms with Crippen LogP contribution in [0.25, 0.3) is 0 Å². The van der Waals surface area contributed by atoms with Crippen LogP contribution in [-0.2, 0) is 10.1 Å². The second-order valence-electron chi connectivity index (χ2n) is 2.66. The summed E-state index contributed by atoms with van der Waals surface area (Å²) in [7, 11) is -4.19. The highest BCUT2D eigenvalue weighted by Crippen LogP contribution is 2.12. The molecule has 0 aromatic carbocycles. The van der Waals surface area contributed by atoms with Crippen LogP contribution in [0.5, 0.6) is 0 Å². The first-order chi connectivity index (χ1) is 5.52. The Bertz CT molecular complexity index is 239. The van der Waals surface area contributed by atoms with Crippen LogP contribution in [0.1, 0.15) is 39.5 Å². The summed E-state index contributed by atoms with van der Waals surface area (Å²) in [4.78, 5) is 0.0480. The van der Waals surface area contributed by atoms with Crippen molar-refractivity contribution in [1.82, 2.24) is 0 Å². The molecule has 0 unspecified atom stereocenters. The molecule has 0 aromatic heterocycles. The van der Waals surface area contributed by atoms with E-state index in [-0.39, 0.29) is 4.91 Å². The van der Waals surface area contributed by atoms with Crippen LogP contribution in [-0.4, -0.2) is 13.0 Å². The Kier molecular flexibility index (Phi) is 5.17. The fourth-order valence-corrected chi connectivity index (χ4v) is 1.66. The van der Waals surface area contributed by atoms with Crippen molar-refractivity contribution in [2.24, 2.45) is 0 Å². The Hall–Kier alpha value is -0.350. The lowest BCUT2D eigenvalue weighted by Crippen LogP contribution is -2.02. The van der Waals surface area contributed by atoms with E-state index in [4.69, 9.17) is 0 Å². The van der Waals surface area contributed by atoms with Crippen LogP contribution in [0, 0.1) is 0 Å². The van der Waals surface area contributed by atoms with Crippen LogP contribution in [0.3, 0.4) is 0 Å². The summed E-state index contributed by atoms with van der Waals surface area (Å²) in [6.07, 6.45) is 4.12.